The summed E-state index contributed by atoms with van der Waals surface area (Å²) in [6.07, 6.45) is 1.16. The molecule has 15 heavy (non-hydrogen) atoms. The number of nitrogens with zero attached hydrogens (tertiary/aromatic N) is 1. The molecule has 2 N–H and O–H groups in total. The molecule has 1 aliphatic heterocycles. The Morgan fingerprint density at radius 3 is 2.80 bits per heavy atom. The molecular weight excluding hydrogens is 188 g/mol. The highest BCUT2D eigenvalue weighted by Crippen LogP contribution is 2.23. The summed E-state index contributed by atoms with van der Waals surface area (Å²) in [5.41, 5.74) is 8.44. The van der Waals surface area contributed by atoms with Crippen LogP contribution in [0.1, 0.15) is 34.8 Å². The van der Waals surface area contributed by atoms with Gasteiger partial charge in [-0.05, 0) is 36.2 Å². The van der Waals surface area contributed by atoms with Crippen molar-refractivity contribution in [2.45, 2.75) is 26.4 Å². The number of carbonyl (C=O) groups is 1. The normalized spacial score (nSPS) is 15.3. The second kappa shape index (κ2) is 4.03. The van der Waals surface area contributed by atoms with Gasteiger partial charge in [0, 0.05) is 18.7 Å². The monoisotopic (exact) mass is 204 g/mol. The predicted octanol–water partition coefficient (Wildman–Crippen LogP) is 1.51. The van der Waals surface area contributed by atoms with Crippen molar-refractivity contribution in [1.29, 1.82) is 0 Å². The lowest BCUT2D eigenvalue weighted by Crippen LogP contribution is -2.16. The molecule has 0 aliphatic carbocycles. The first-order valence-electron chi connectivity index (χ1n) is 5.34. The van der Waals surface area contributed by atoms with Gasteiger partial charge in [0.15, 0.2) is 0 Å². The number of hydrogen-bond acceptors (Lipinski definition) is 2. The Morgan fingerprint density at radius 2 is 2.13 bits per heavy atom. The first-order valence-corrected chi connectivity index (χ1v) is 5.34. The summed E-state index contributed by atoms with van der Waals surface area (Å²) in [4.78, 5) is 13.4. The molecule has 80 valence electrons. The highest BCUT2D eigenvalue weighted by atomic mass is 16.1. The third-order valence-electron chi connectivity index (χ3n) is 2.82. The molecule has 1 aromatic carbocycles. The van der Waals surface area contributed by atoms with Gasteiger partial charge in [-0.3, -0.25) is 9.69 Å². The van der Waals surface area contributed by atoms with Gasteiger partial charge in [0.25, 0.3) is 0 Å². The maximum atomic E-state index is 11.0. The summed E-state index contributed by atoms with van der Waals surface area (Å²) in [5, 5.41) is 0. The van der Waals surface area contributed by atoms with Crippen molar-refractivity contribution in [3.63, 3.8) is 0 Å². The molecule has 1 amide bonds. The molecule has 0 fully saturated rings. The van der Waals surface area contributed by atoms with Crippen molar-refractivity contribution in [1.82, 2.24) is 4.90 Å². The molecule has 0 radical (unpaired) electrons. The van der Waals surface area contributed by atoms with Crippen LogP contribution < -0.4 is 5.73 Å². The minimum atomic E-state index is -0.341. The number of carbonyl (C=O) groups excluding carboxylic acids is 1. The van der Waals surface area contributed by atoms with Gasteiger partial charge in [0.1, 0.15) is 0 Å². The molecule has 3 heteroatoms. The summed E-state index contributed by atoms with van der Waals surface area (Å²) in [5.74, 6) is -0.341. The zero-order chi connectivity index (χ0) is 10.8. The summed E-state index contributed by atoms with van der Waals surface area (Å²) >= 11 is 0. The van der Waals surface area contributed by atoms with Crippen LogP contribution in [0.5, 0.6) is 0 Å². The first kappa shape index (κ1) is 10.2. The number of primary amides is 1. The molecule has 1 aliphatic rings. The van der Waals surface area contributed by atoms with Crippen LogP contribution in [0.25, 0.3) is 0 Å². The molecule has 1 aromatic rings. The Morgan fingerprint density at radius 1 is 1.40 bits per heavy atom. The minimum Gasteiger partial charge on any atom is -0.366 e. The third-order valence-corrected chi connectivity index (χ3v) is 2.82. The first-order chi connectivity index (χ1) is 7.20. The lowest BCUT2D eigenvalue weighted by Gasteiger charge is -2.11. The standard InChI is InChI=1S/C12H16N2O/c1-2-5-14-7-10-4-3-9(12(13)15)6-11(10)8-14/h3-4,6H,2,5,7-8H2,1H3,(H2,13,15). The van der Waals surface area contributed by atoms with E-state index in [-0.39, 0.29) is 5.91 Å². The number of fused-ring (bicyclic) bond motifs is 1. The van der Waals surface area contributed by atoms with Gasteiger partial charge in [-0.15, -0.1) is 0 Å². The molecule has 0 saturated carbocycles. The molecule has 0 aromatic heterocycles. The summed E-state index contributed by atoms with van der Waals surface area (Å²) < 4.78 is 0. The third kappa shape index (κ3) is 2.02. The van der Waals surface area contributed by atoms with Crippen molar-refractivity contribution in [2.75, 3.05) is 6.54 Å². The Balaban J connectivity index is 2.20. The van der Waals surface area contributed by atoms with Crippen molar-refractivity contribution in [3.8, 4) is 0 Å². The smallest absolute Gasteiger partial charge is 0.248 e. The van der Waals surface area contributed by atoms with Crippen LogP contribution in [0.2, 0.25) is 0 Å². The molecule has 0 bridgehead atoms. The molecule has 0 spiro atoms. The zero-order valence-electron chi connectivity index (χ0n) is 8.99. The van der Waals surface area contributed by atoms with Gasteiger partial charge in [-0.2, -0.15) is 0 Å². The molecule has 0 unspecified atom stereocenters. The van der Waals surface area contributed by atoms with E-state index >= 15 is 0 Å². The van der Waals surface area contributed by atoms with E-state index in [0.717, 1.165) is 26.1 Å². The van der Waals surface area contributed by atoms with Crippen LogP contribution >= 0.6 is 0 Å². The fraction of sp³-hybridized carbons (Fsp3) is 0.417. The Bertz CT molecular complexity index is 387. The van der Waals surface area contributed by atoms with Crippen LogP contribution in [-0.4, -0.2) is 17.4 Å². The number of nitrogens with two attached hydrogens (primary N) is 1. The lowest BCUT2D eigenvalue weighted by atomic mass is 10.1. The SMILES string of the molecule is CCCN1Cc2ccc(C(N)=O)cc2C1. The van der Waals surface area contributed by atoms with Gasteiger partial charge in [0.05, 0.1) is 0 Å². The second-order valence-corrected chi connectivity index (χ2v) is 4.06. The average Bonchev–Trinajstić information content (AvgIpc) is 2.59. The highest BCUT2D eigenvalue weighted by Gasteiger charge is 2.18. The van der Waals surface area contributed by atoms with Gasteiger partial charge < -0.3 is 5.73 Å². The van der Waals surface area contributed by atoms with Crippen molar-refractivity contribution >= 4 is 5.91 Å². The number of benzene rings is 1. The Kier molecular flexibility index (Phi) is 2.73. The van der Waals surface area contributed by atoms with E-state index in [1.54, 1.807) is 0 Å². The molecule has 3 nitrogen and oxygen atoms in total. The molecular formula is C12H16N2O. The van der Waals surface area contributed by atoms with Crippen LogP contribution in [0.15, 0.2) is 18.2 Å². The fourth-order valence-corrected chi connectivity index (χ4v) is 2.09. The predicted molar refractivity (Wildman–Crippen MR) is 59.4 cm³/mol. The quantitative estimate of drug-likeness (QED) is 0.811. The molecule has 0 saturated heterocycles. The summed E-state index contributed by atoms with van der Waals surface area (Å²) in [6.45, 7) is 5.24. The van der Waals surface area contributed by atoms with E-state index in [1.807, 2.05) is 18.2 Å². The number of rotatable bonds is 3. The average molecular weight is 204 g/mol. The topological polar surface area (TPSA) is 46.3 Å². The summed E-state index contributed by atoms with van der Waals surface area (Å²) in [6, 6.07) is 5.76. The van der Waals surface area contributed by atoms with Gasteiger partial charge >= 0.3 is 0 Å². The molecule has 2 rings (SSSR count). The maximum Gasteiger partial charge on any atom is 0.248 e. The minimum absolute atomic E-state index is 0.341. The number of hydrogen-bond donors (Lipinski definition) is 1. The Labute approximate surface area is 89.9 Å². The molecule has 0 atom stereocenters. The lowest BCUT2D eigenvalue weighted by molar-refractivity contribution is 0.1000. The molecule has 1 heterocycles. The van der Waals surface area contributed by atoms with E-state index in [2.05, 4.69) is 11.8 Å². The van der Waals surface area contributed by atoms with Gasteiger partial charge in [-0.25, -0.2) is 0 Å². The van der Waals surface area contributed by atoms with Crippen LogP contribution in [-0.2, 0) is 13.1 Å². The van der Waals surface area contributed by atoms with Crippen molar-refractivity contribution in [3.05, 3.63) is 34.9 Å². The highest BCUT2D eigenvalue weighted by molar-refractivity contribution is 5.93. The van der Waals surface area contributed by atoms with E-state index in [0.29, 0.717) is 5.56 Å². The van der Waals surface area contributed by atoms with Crippen LogP contribution in [0, 0.1) is 0 Å². The maximum absolute atomic E-state index is 11.0. The Hall–Kier alpha value is -1.35. The van der Waals surface area contributed by atoms with E-state index < -0.39 is 0 Å². The number of amides is 1. The largest absolute Gasteiger partial charge is 0.366 e. The second-order valence-electron chi connectivity index (χ2n) is 4.06. The summed E-state index contributed by atoms with van der Waals surface area (Å²) in [7, 11) is 0. The van der Waals surface area contributed by atoms with E-state index in [4.69, 9.17) is 5.73 Å². The van der Waals surface area contributed by atoms with E-state index in [9.17, 15) is 4.79 Å². The van der Waals surface area contributed by atoms with Crippen molar-refractivity contribution in [2.24, 2.45) is 5.73 Å². The fourth-order valence-electron chi connectivity index (χ4n) is 2.09. The zero-order valence-corrected chi connectivity index (χ0v) is 8.99. The van der Waals surface area contributed by atoms with Crippen LogP contribution in [0.4, 0.5) is 0 Å². The van der Waals surface area contributed by atoms with Crippen LogP contribution in [0.3, 0.4) is 0 Å². The van der Waals surface area contributed by atoms with Crippen molar-refractivity contribution < 1.29 is 4.79 Å². The van der Waals surface area contributed by atoms with Gasteiger partial charge in [0.2, 0.25) is 5.91 Å². The van der Waals surface area contributed by atoms with Gasteiger partial charge in [-0.1, -0.05) is 13.0 Å². The van der Waals surface area contributed by atoms with E-state index in [1.165, 1.54) is 11.1 Å².